The minimum Gasteiger partial charge on any atom is -0.356 e. The molecule has 0 saturated heterocycles. The maximum Gasteiger partial charge on any atom is 0.203 e. The summed E-state index contributed by atoms with van der Waals surface area (Å²) < 4.78 is 2.35. The van der Waals surface area contributed by atoms with E-state index >= 15 is 0 Å². The normalized spacial score (nSPS) is 29.2. The van der Waals surface area contributed by atoms with Crippen molar-refractivity contribution < 1.29 is 0 Å². The summed E-state index contributed by atoms with van der Waals surface area (Å²) in [5.41, 5.74) is 0. The van der Waals surface area contributed by atoms with Gasteiger partial charge in [0.1, 0.15) is 0 Å². The van der Waals surface area contributed by atoms with Crippen molar-refractivity contribution >= 4 is 5.95 Å². The Hall–Kier alpha value is -0.990. The first-order valence-electron chi connectivity index (χ1n) is 6.99. The van der Waals surface area contributed by atoms with Crippen molar-refractivity contribution in [3.63, 3.8) is 0 Å². The smallest absolute Gasteiger partial charge is 0.203 e. The molecule has 1 N–H and O–H groups in total. The fourth-order valence-corrected chi connectivity index (χ4v) is 3.02. The Kier molecular flexibility index (Phi) is 4.08. The van der Waals surface area contributed by atoms with Crippen molar-refractivity contribution in [3.05, 3.63) is 12.4 Å². The molecule has 1 heterocycles. The number of nitrogens with zero attached hydrogens (tertiary/aromatic N) is 2. The van der Waals surface area contributed by atoms with Crippen LogP contribution < -0.4 is 5.32 Å². The number of hydrogen-bond donors (Lipinski definition) is 1. The summed E-state index contributed by atoms with van der Waals surface area (Å²) in [5.74, 6) is 2.70. The molecule has 3 heteroatoms. The van der Waals surface area contributed by atoms with Gasteiger partial charge in [-0.25, -0.2) is 4.98 Å². The molecule has 3 nitrogen and oxygen atoms in total. The van der Waals surface area contributed by atoms with Gasteiger partial charge in [-0.3, -0.25) is 0 Å². The third-order valence-corrected chi connectivity index (χ3v) is 3.95. The minimum absolute atomic E-state index is 0.632. The van der Waals surface area contributed by atoms with Crippen LogP contribution in [0.2, 0.25) is 0 Å². The van der Waals surface area contributed by atoms with Crippen LogP contribution in [0.3, 0.4) is 0 Å². The van der Waals surface area contributed by atoms with E-state index in [4.69, 9.17) is 0 Å². The molecule has 3 unspecified atom stereocenters. The number of imidazole rings is 1. The zero-order valence-electron chi connectivity index (χ0n) is 11.3. The molecule has 0 bridgehead atoms. The number of rotatable bonds is 4. The van der Waals surface area contributed by atoms with Crippen molar-refractivity contribution in [2.45, 2.75) is 52.5 Å². The van der Waals surface area contributed by atoms with Gasteiger partial charge in [0.05, 0.1) is 0 Å². The molecule has 1 aliphatic rings. The third kappa shape index (κ3) is 2.82. The lowest BCUT2D eigenvalue weighted by Crippen LogP contribution is -2.25. The molecule has 2 rings (SSSR count). The SMILES string of the molecule is CCCNc1nccn1C1CCC(C)CC1C. The van der Waals surface area contributed by atoms with E-state index in [1.165, 1.54) is 19.3 Å². The second-order valence-electron chi connectivity index (χ2n) is 5.55. The second kappa shape index (κ2) is 5.56. The summed E-state index contributed by atoms with van der Waals surface area (Å²) in [5, 5.41) is 3.42. The molecule has 1 aliphatic carbocycles. The van der Waals surface area contributed by atoms with Gasteiger partial charge in [-0.15, -0.1) is 0 Å². The summed E-state index contributed by atoms with van der Waals surface area (Å²) in [7, 11) is 0. The topological polar surface area (TPSA) is 29.9 Å². The largest absolute Gasteiger partial charge is 0.356 e. The predicted octanol–water partition coefficient (Wildman–Crippen LogP) is 3.70. The first-order chi connectivity index (χ1) is 8.22. The van der Waals surface area contributed by atoms with Crippen molar-refractivity contribution in [1.82, 2.24) is 9.55 Å². The highest BCUT2D eigenvalue weighted by Gasteiger charge is 2.27. The quantitative estimate of drug-likeness (QED) is 0.862. The molecule has 1 aromatic heterocycles. The molecule has 0 spiro atoms. The van der Waals surface area contributed by atoms with Gasteiger partial charge in [0.2, 0.25) is 5.95 Å². The van der Waals surface area contributed by atoms with Gasteiger partial charge in [-0.05, 0) is 37.5 Å². The van der Waals surface area contributed by atoms with Crippen molar-refractivity contribution in [1.29, 1.82) is 0 Å². The first-order valence-corrected chi connectivity index (χ1v) is 6.99. The molecule has 96 valence electrons. The van der Waals surface area contributed by atoms with Gasteiger partial charge in [0, 0.05) is 25.0 Å². The molecular weight excluding hydrogens is 210 g/mol. The van der Waals surface area contributed by atoms with E-state index in [1.807, 2.05) is 6.20 Å². The molecular formula is C14H25N3. The average molecular weight is 235 g/mol. The molecule has 0 aromatic carbocycles. The second-order valence-corrected chi connectivity index (χ2v) is 5.55. The van der Waals surface area contributed by atoms with E-state index in [1.54, 1.807) is 0 Å². The van der Waals surface area contributed by atoms with E-state index in [0.717, 1.165) is 30.7 Å². The Balaban J connectivity index is 2.08. The Morgan fingerprint density at radius 2 is 2.24 bits per heavy atom. The number of hydrogen-bond acceptors (Lipinski definition) is 2. The lowest BCUT2D eigenvalue weighted by molar-refractivity contribution is 0.209. The molecule has 0 amide bonds. The van der Waals surface area contributed by atoms with Crippen LogP contribution in [0.15, 0.2) is 12.4 Å². The summed E-state index contributed by atoms with van der Waals surface area (Å²) in [6, 6.07) is 0.632. The van der Waals surface area contributed by atoms with Gasteiger partial charge in [0.15, 0.2) is 0 Å². The summed E-state index contributed by atoms with van der Waals surface area (Å²) in [4.78, 5) is 4.43. The van der Waals surface area contributed by atoms with Crippen LogP contribution in [0.1, 0.15) is 52.5 Å². The highest BCUT2D eigenvalue weighted by atomic mass is 15.2. The molecule has 1 saturated carbocycles. The van der Waals surface area contributed by atoms with Crippen LogP contribution in [0, 0.1) is 11.8 Å². The maximum absolute atomic E-state index is 4.43. The number of anilines is 1. The van der Waals surface area contributed by atoms with Crippen molar-refractivity contribution in [3.8, 4) is 0 Å². The minimum atomic E-state index is 0.632. The fraction of sp³-hybridized carbons (Fsp3) is 0.786. The van der Waals surface area contributed by atoms with Crippen LogP contribution in [-0.4, -0.2) is 16.1 Å². The highest BCUT2D eigenvalue weighted by molar-refractivity contribution is 5.26. The van der Waals surface area contributed by atoms with Crippen LogP contribution in [0.5, 0.6) is 0 Å². The first kappa shape index (κ1) is 12.5. The molecule has 3 atom stereocenters. The number of nitrogens with one attached hydrogen (secondary N) is 1. The summed E-state index contributed by atoms with van der Waals surface area (Å²) in [6.07, 6.45) is 9.18. The molecule has 1 aromatic rings. The average Bonchev–Trinajstić information content (AvgIpc) is 2.74. The molecule has 17 heavy (non-hydrogen) atoms. The Morgan fingerprint density at radius 3 is 2.94 bits per heavy atom. The predicted molar refractivity (Wildman–Crippen MR) is 72.2 cm³/mol. The van der Waals surface area contributed by atoms with E-state index < -0.39 is 0 Å². The Morgan fingerprint density at radius 1 is 1.41 bits per heavy atom. The summed E-state index contributed by atoms with van der Waals surface area (Å²) in [6.45, 7) is 7.94. The highest BCUT2D eigenvalue weighted by Crippen LogP contribution is 2.37. The monoisotopic (exact) mass is 235 g/mol. The fourth-order valence-electron chi connectivity index (χ4n) is 3.02. The standard InChI is InChI=1S/C14H25N3/c1-4-7-15-14-16-8-9-17(14)13-6-5-11(2)10-12(13)3/h8-9,11-13H,4-7,10H2,1-3H3,(H,15,16). The van der Waals surface area contributed by atoms with Gasteiger partial charge in [0.25, 0.3) is 0 Å². The van der Waals surface area contributed by atoms with Crippen LogP contribution in [0.4, 0.5) is 5.95 Å². The maximum atomic E-state index is 4.43. The van der Waals surface area contributed by atoms with Gasteiger partial charge >= 0.3 is 0 Å². The van der Waals surface area contributed by atoms with Crippen LogP contribution in [-0.2, 0) is 0 Å². The van der Waals surface area contributed by atoms with E-state index in [2.05, 4.69) is 41.8 Å². The Labute approximate surface area is 105 Å². The Bertz CT molecular complexity index is 345. The van der Waals surface area contributed by atoms with E-state index in [-0.39, 0.29) is 0 Å². The van der Waals surface area contributed by atoms with Gasteiger partial charge in [-0.1, -0.05) is 20.8 Å². The van der Waals surface area contributed by atoms with Gasteiger partial charge < -0.3 is 9.88 Å². The van der Waals surface area contributed by atoms with Gasteiger partial charge in [-0.2, -0.15) is 0 Å². The van der Waals surface area contributed by atoms with E-state index in [9.17, 15) is 0 Å². The van der Waals surface area contributed by atoms with E-state index in [0.29, 0.717) is 6.04 Å². The molecule has 0 radical (unpaired) electrons. The third-order valence-electron chi connectivity index (χ3n) is 3.95. The van der Waals surface area contributed by atoms with Crippen LogP contribution in [0.25, 0.3) is 0 Å². The van der Waals surface area contributed by atoms with Crippen molar-refractivity contribution in [2.75, 3.05) is 11.9 Å². The van der Waals surface area contributed by atoms with Crippen molar-refractivity contribution in [2.24, 2.45) is 11.8 Å². The lowest BCUT2D eigenvalue weighted by atomic mass is 9.80. The summed E-state index contributed by atoms with van der Waals surface area (Å²) >= 11 is 0. The van der Waals surface area contributed by atoms with Crippen LogP contribution >= 0.6 is 0 Å². The number of aromatic nitrogens is 2. The zero-order valence-corrected chi connectivity index (χ0v) is 11.3. The zero-order chi connectivity index (χ0) is 12.3. The molecule has 1 fully saturated rings. The lowest BCUT2D eigenvalue weighted by Gasteiger charge is -2.34. The molecule has 0 aliphatic heterocycles.